The normalized spacial score (nSPS) is 11.8. The summed E-state index contributed by atoms with van der Waals surface area (Å²) in [6, 6.07) is 14.8. The number of nitrogens with one attached hydrogen (secondary N) is 2. The average molecular weight is 617 g/mol. The third-order valence-corrected chi connectivity index (χ3v) is 7.06. The SMILES string of the molecule is C=CCc1cc(/C=N/NC(=O)C(NC(=O)c2ccc(Cl)c(Cl)c2)C(C)C)cc(OCC)c1OCc1ccccc1Cl. The number of nitrogens with zero attached hydrogens (tertiary/aromatic N) is 1. The van der Waals surface area contributed by atoms with Crippen LogP contribution in [-0.4, -0.2) is 30.7 Å². The van der Waals surface area contributed by atoms with Crippen molar-refractivity contribution in [3.8, 4) is 11.5 Å². The fraction of sp³-hybridized carbons (Fsp3) is 0.258. The van der Waals surface area contributed by atoms with E-state index in [2.05, 4.69) is 22.4 Å². The van der Waals surface area contributed by atoms with Crippen molar-refractivity contribution in [3.05, 3.63) is 105 Å². The summed E-state index contributed by atoms with van der Waals surface area (Å²) in [5.74, 6) is -0.0292. The number of hydrazone groups is 1. The highest BCUT2D eigenvalue weighted by molar-refractivity contribution is 6.42. The molecule has 0 aliphatic carbocycles. The molecule has 10 heteroatoms. The van der Waals surface area contributed by atoms with E-state index in [1.54, 1.807) is 12.1 Å². The van der Waals surface area contributed by atoms with Crippen molar-refractivity contribution in [2.24, 2.45) is 11.0 Å². The van der Waals surface area contributed by atoms with Crippen LogP contribution in [0.4, 0.5) is 0 Å². The minimum absolute atomic E-state index is 0.213. The predicted molar refractivity (Wildman–Crippen MR) is 166 cm³/mol. The zero-order valence-electron chi connectivity index (χ0n) is 23.0. The molecule has 7 nitrogen and oxygen atoms in total. The summed E-state index contributed by atoms with van der Waals surface area (Å²) in [5.41, 5.74) is 5.17. The summed E-state index contributed by atoms with van der Waals surface area (Å²) in [5, 5.41) is 8.06. The molecule has 0 saturated carbocycles. The minimum atomic E-state index is -0.843. The number of hydrogen-bond acceptors (Lipinski definition) is 5. The molecule has 3 aromatic rings. The summed E-state index contributed by atoms with van der Waals surface area (Å²) < 4.78 is 12.0. The lowest BCUT2D eigenvalue weighted by molar-refractivity contribution is -0.123. The molecular formula is C31H32Cl3N3O4. The summed E-state index contributed by atoms with van der Waals surface area (Å²) in [4.78, 5) is 25.7. The van der Waals surface area contributed by atoms with Crippen molar-refractivity contribution < 1.29 is 19.1 Å². The molecule has 1 unspecified atom stereocenters. The molecule has 0 radical (unpaired) electrons. The molecule has 3 rings (SSSR count). The minimum Gasteiger partial charge on any atom is -0.490 e. The molecule has 0 fully saturated rings. The summed E-state index contributed by atoms with van der Waals surface area (Å²) in [6.07, 6.45) is 3.78. The fourth-order valence-corrected chi connectivity index (χ4v) is 4.38. The highest BCUT2D eigenvalue weighted by atomic mass is 35.5. The van der Waals surface area contributed by atoms with Crippen LogP contribution in [0.3, 0.4) is 0 Å². The van der Waals surface area contributed by atoms with Crippen LogP contribution in [0.25, 0.3) is 0 Å². The molecule has 3 aromatic carbocycles. The van der Waals surface area contributed by atoms with Gasteiger partial charge in [0.05, 0.1) is 22.9 Å². The van der Waals surface area contributed by atoms with E-state index < -0.39 is 17.9 Å². The molecule has 216 valence electrons. The van der Waals surface area contributed by atoms with Gasteiger partial charge in [-0.2, -0.15) is 5.10 Å². The molecule has 0 aromatic heterocycles. The molecule has 41 heavy (non-hydrogen) atoms. The van der Waals surface area contributed by atoms with Gasteiger partial charge >= 0.3 is 0 Å². The highest BCUT2D eigenvalue weighted by Crippen LogP contribution is 2.35. The Morgan fingerprint density at radius 1 is 0.976 bits per heavy atom. The standard InChI is InChI=1S/C31H32Cl3N3O4/c1-5-9-21-14-20(15-27(40-6-2)29(21)41-18-23-10-7-8-11-24(23)32)17-35-37-31(39)28(19(3)4)36-30(38)22-12-13-25(33)26(34)16-22/h5,7-8,10-17,19,28H,1,6,9,18H2,2-4H3,(H,36,38)(H,37,39)/b35-17+. The first-order valence-corrected chi connectivity index (χ1v) is 14.1. The lowest BCUT2D eigenvalue weighted by Gasteiger charge is -2.20. The van der Waals surface area contributed by atoms with Crippen LogP contribution in [-0.2, 0) is 17.8 Å². The van der Waals surface area contributed by atoms with Gasteiger partial charge in [-0.05, 0) is 61.2 Å². The largest absolute Gasteiger partial charge is 0.490 e. The number of rotatable bonds is 13. The molecule has 2 amide bonds. The van der Waals surface area contributed by atoms with E-state index in [0.717, 1.165) is 11.1 Å². The Balaban J connectivity index is 1.76. The highest BCUT2D eigenvalue weighted by Gasteiger charge is 2.25. The van der Waals surface area contributed by atoms with Crippen molar-refractivity contribution >= 4 is 52.8 Å². The van der Waals surface area contributed by atoms with Crippen molar-refractivity contribution in [1.29, 1.82) is 0 Å². The lowest BCUT2D eigenvalue weighted by atomic mass is 10.0. The van der Waals surface area contributed by atoms with Gasteiger partial charge in [-0.25, -0.2) is 5.43 Å². The van der Waals surface area contributed by atoms with E-state index in [0.29, 0.717) is 40.1 Å². The van der Waals surface area contributed by atoms with E-state index in [1.165, 1.54) is 24.4 Å². The second kappa shape index (κ2) is 15.5. The molecule has 0 spiro atoms. The molecule has 1 atom stereocenters. The van der Waals surface area contributed by atoms with Gasteiger partial charge < -0.3 is 14.8 Å². The summed E-state index contributed by atoms with van der Waals surface area (Å²) in [6.45, 7) is 10.1. The van der Waals surface area contributed by atoms with Gasteiger partial charge in [-0.1, -0.05) is 72.9 Å². The third-order valence-electron chi connectivity index (χ3n) is 5.95. The Bertz CT molecular complexity index is 1430. The van der Waals surface area contributed by atoms with Crippen molar-refractivity contribution in [1.82, 2.24) is 10.7 Å². The number of benzene rings is 3. The second-order valence-electron chi connectivity index (χ2n) is 9.37. The number of allylic oxidation sites excluding steroid dienone is 1. The first-order valence-electron chi connectivity index (χ1n) is 13.0. The predicted octanol–water partition coefficient (Wildman–Crippen LogP) is 7.26. The molecule has 0 bridgehead atoms. The summed E-state index contributed by atoms with van der Waals surface area (Å²) in [7, 11) is 0. The molecule has 0 saturated heterocycles. The van der Waals surface area contributed by atoms with Crippen LogP contribution >= 0.6 is 34.8 Å². The number of ether oxygens (including phenoxy) is 2. The maximum Gasteiger partial charge on any atom is 0.262 e. The van der Waals surface area contributed by atoms with E-state index in [4.69, 9.17) is 44.3 Å². The number of carbonyl (C=O) groups excluding carboxylic acids is 2. The first-order chi connectivity index (χ1) is 19.6. The molecular weight excluding hydrogens is 585 g/mol. The molecule has 0 aliphatic heterocycles. The maximum atomic E-state index is 12.9. The zero-order chi connectivity index (χ0) is 29.9. The number of halogens is 3. The molecule has 0 heterocycles. The maximum absolute atomic E-state index is 12.9. The lowest BCUT2D eigenvalue weighted by Crippen LogP contribution is -2.48. The second-order valence-corrected chi connectivity index (χ2v) is 10.6. The van der Waals surface area contributed by atoms with Crippen molar-refractivity contribution in [2.45, 2.75) is 39.8 Å². The van der Waals surface area contributed by atoms with Gasteiger partial charge in [-0.15, -0.1) is 6.58 Å². The Morgan fingerprint density at radius 2 is 1.73 bits per heavy atom. The summed E-state index contributed by atoms with van der Waals surface area (Å²) >= 11 is 18.3. The monoisotopic (exact) mass is 615 g/mol. The third kappa shape index (κ3) is 8.98. The number of amides is 2. The Morgan fingerprint density at radius 3 is 2.39 bits per heavy atom. The van der Waals surface area contributed by atoms with Crippen LogP contribution in [0, 0.1) is 5.92 Å². The van der Waals surface area contributed by atoms with Crippen LogP contribution < -0.4 is 20.2 Å². The van der Waals surface area contributed by atoms with Crippen LogP contribution in [0.2, 0.25) is 15.1 Å². The van der Waals surface area contributed by atoms with Crippen LogP contribution in [0.1, 0.15) is 47.8 Å². The number of carbonyl (C=O) groups is 2. The fourth-order valence-electron chi connectivity index (χ4n) is 3.89. The first kappa shape index (κ1) is 32.0. The van der Waals surface area contributed by atoms with E-state index in [-0.39, 0.29) is 23.1 Å². The molecule has 0 aliphatic rings. The smallest absolute Gasteiger partial charge is 0.262 e. The Labute approximate surface area is 255 Å². The van der Waals surface area contributed by atoms with Crippen LogP contribution in [0.15, 0.2) is 72.4 Å². The zero-order valence-corrected chi connectivity index (χ0v) is 25.3. The van der Waals surface area contributed by atoms with Gasteiger partial charge in [0, 0.05) is 21.7 Å². The average Bonchev–Trinajstić information content (AvgIpc) is 2.93. The van der Waals surface area contributed by atoms with Crippen LogP contribution in [0.5, 0.6) is 11.5 Å². The van der Waals surface area contributed by atoms with E-state index >= 15 is 0 Å². The number of hydrogen-bond donors (Lipinski definition) is 2. The quantitative estimate of drug-likeness (QED) is 0.120. The van der Waals surface area contributed by atoms with Gasteiger partial charge in [-0.3, -0.25) is 9.59 Å². The van der Waals surface area contributed by atoms with E-state index in [9.17, 15) is 9.59 Å². The van der Waals surface area contributed by atoms with E-state index in [1.807, 2.05) is 51.1 Å². The van der Waals surface area contributed by atoms with Gasteiger partial charge in [0.25, 0.3) is 11.8 Å². The van der Waals surface area contributed by atoms with Crippen molar-refractivity contribution in [2.75, 3.05) is 6.61 Å². The van der Waals surface area contributed by atoms with Gasteiger partial charge in [0.2, 0.25) is 0 Å². The topological polar surface area (TPSA) is 89.0 Å². The Kier molecular flexibility index (Phi) is 12.1. The van der Waals surface area contributed by atoms with Crippen molar-refractivity contribution in [3.63, 3.8) is 0 Å². The van der Waals surface area contributed by atoms with Gasteiger partial charge in [0.1, 0.15) is 12.6 Å². The Hall–Kier alpha value is -3.52. The molecule has 2 N–H and O–H groups in total. The van der Waals surface area contributed by atoms with Gasteiger partial charge in [0.15, 0.2) is 11.5 Å².